The van der Waals surface area contributed by atoms with E-state index in [4.69, 9.17) is 9.47 Å². The summed E-state index contributed by atoms with van der Waals surface area (Å²) < 4.78 is 11.4. The lowest BCUT2D eigenvalue weighted by Gasteiger charge is -2.08. The maximum Gasteiger partial charge on any atom is 0.339 e. The molecule has 0 spiro atoms. The summed E-state index contributed by atoms with van der Waals surface area (Å²) in [6.07, 6.45) is 0. The van der Waals surface area contributed by atoms with Crippen LogP contribution in [-0.4, -0.2) is 22.2 Å². The molecule has 0 amide bonds. The van der Waals surface area contributed by atoms with Gasteiger partial charge >= 0.3 is 11.9 Å². The predicted octanol–water partition coefficient (Wildman–Crippen LogP) is 6.07. The quantitative estimate of drug-likeness (QED) is 0.347. The van der Waals surface area contributed by atoms with Crippen molar-refractivity contribution in [2.75, 3.05) is 0 Å². The van der Waals surface area contributed by atoms with Crippen molar-refractivity contribution in [1.82, 2.24) is 0 Å². The Morgan fingerprint density at radius 1 is 0.529 bits per heavy atom. The van der Waals surface area contributed by atoms with Crippen LogP contribution in [0.5, 0.6) is 23.0 Å². The van der Waals surface area contributed by atoms with Crippen molar-refractivity contribution >= 4 is 11.9 Å². The van der Waals surface area contributed by atoms with Crippen LogP contribution in [0.4, 0.5) is 0 Å². The van der Waals surface area contributed by atoms with Crippen LogP contribution in [0.1, 0.15) is 31.8 Å². The standard InChI is InChI=1S/C28H18O6/c29-27(30)23-5-1-3-7-25(23)33-21-15-11-19(12-16-21)9-10-20-13-17-22(18-14-20)34-26-8-4-2-6-24(26)28(31)32/h1-8,11-18H,(H,29,30)(H,31,32). The number of hydrogen-bond donors (Lipinski definition) is 2. The van der Waals surface area contributed by atoms with Gasteiger partial charge in [0.15, 0.2) is 0 Å². The maximum absolute atomic E-state index is 11.3. The molecule has 0 saturated heterocycles. The lowest BCUT2D eigenvalue weighted by molar-refractivity contribution is 0.0683. The summed E-state index contributed by atoms with van der Waals surface area (Å²) in [6.45, 7) is 0. The minimum atomic E-state index is -1.06. The lowest BCUT2D eigenvalue weighted by atomic mass is 10.1. The van der Waals surface area contributed by atoms with Crippen molar-refractivity contribution in [2.45, 2.75) is 0 Å². The van der Waals surface area contributed by atoms with E-state index in [2.05, 4.69) is 11.8 Å². The summed E-state index contributed by atoms with van der Waals surface area (Å²) in [5.41, 5.74) is 1.69. The van der Waals surface area contributed by atoms with Crippen molar-refractivity contribution in [1.29, 1.82) is 0 Å². The second-order valence-electron chi connectivity index (χ2n) is 7.11. The molecular weight excluding hydrogens is 432 g/mol. The number of para-hydroxylation sites is 2. The molecule has 4 aromatic rings. The van der Waals surface area contributed by atoms with Crippen molar-refractivity contribution in [3.63, 3.8) is 0 Å². The normalized spacial score (nSPS) is 10.0. The van der Waals surface area contributed by atoms with Gasteiger partial charge in [0.25, 0.3) is 0 Å². The van der Waals surface area contributed by atoms with E-state index in [0.29, 0.717) is 11.5 Å². The van der Waals surface area contributed by atoms with E-state index in [9.17, 15) is 19.8 Å². The highest BCUT2D eigenvalue weighted by molar-refractivity contribution is 5.91. The van der Waals surface area contributed by atoms with E-state index < -0.39 is 11.9 Å². The van der Waals surface area contributed by atoms with Crippen LogP contribution in [0.15, 0.2) is 97.1 Å². The van der Waals surface area contributed by atoms with Gasteiger partial charge in [-0.15, -0.1) is 0 Å². The van der Waals surface area contributed by atoms with Gasteiger partial charge in [0.05, 0.1) is 0 Å². The van der Waals surface area contributed by atoms with Crippen LogP contribution in [0.25, 0.3) is 0 Å². The van der Waals surface area contributed by atoms with E-state index >= 15 is 0 Å². The second kappa shape index (κ2) is 10.1. The summed E-state index contributed by atoms with van der Waals surface area (Å²) in [5, 5.41) is 18.5. The number of aromatic carboxylic acids is 2. The number of ether oxygens (including phenoxy) is 2. The molecule has 6 heteroatoms. The molecule has 0 atom stereocenters. The summed E-state index contributed by atoms with van der Waals surface area (Å²) in [5.74, 6) is 5.54. The molecule has 2 N–H and O–H groups in total. The monoisotopic (exact) mass is 450 g/mol. The number of carboxylic acid groups (broad SMARTS) is 2. The average molecular weight is 450 g/mol. The Morgan fingerprint density at radius 2 is 0.882 bits per heavy atom. The molecule has 0 unspecified atom stereocenters. The van der Waals surface area contributed by atoms with Crippen LogP contribution in [0.2, 0.25) is 0 Å². The highest BCUT2D eigenvalue weighted by Gasteiger charge is 2.11. The van der Waals surface area contributed by atoms with Gasteiger partial charge in [-0.1, -0.05) is 36.1 Å². The van der Waals surface area contributed by atoms with Gasteiger partial charge in [0.1, 0.15) is 34.1 Å². The molecule has 0 heterocycles. The Morgan fingerprint density at radius 3 is 1.24 bits per heavy atom. The molecule has 6 nitrogen and oxygen atoms in total. The predicted molar refractivity (Wildman–Crippen MR) is 126 cm³/mol. The van der Waals surface area contributed by atoms with Crippen molar-refractivity contribution in [3.05, 3.63) is 119 Å². The van der Waals surface area contributed by atoms with E-state index in [-0.39, 0.29) is 22.6 Å². The molecular formula is C28H18O6. The van der Waals surface area contributed by atoms with Gasteiger partial charge in [-0.2, -0.15) is 0 Å². The number of carboxylic acids is 2. The Hall–Kier alpha value is -5.02. The van der Waals surface area contributed by atoms with E-state index in [1.807, 2.05) is 0 Å². The van der Waals surface area contributed by atoms with E-state index in [1.54, 1.807) is 84.9 Å². The first-order valence-corrected chi connectivity index (χ1v) is 10.2. The Kier molecular flexibility index (Phi) is 6.57. The van der Waals surface area contributed by atoms with Crippen molar-refractivity contribution in [3.8, 4) is 34.8 Å². The molecule has 0 aliphatic rings. The molecule has 166 valence electrons. The molecule has 0 fully saturated rings. The summed E-state index contributed by atoms with van der Waals surface area (Å²) >= 11 is 0. The number of rotatable bonds is 6. The van der Waals surface area contributed by atoms with Crippen LogP contribution >= 0.6 is 0 Å². The summed E-state index contributed by atoms with van der Waals surface area (Å²) in [4.78, 5) is 22.6. The lowest BCUT2D eigenvalue weighted by Crippen LogP contribution is -1.99. The van der Waals surface area contributed by atoms with E-state index in [0.717, 1.165) is 11.1 Å². The van der Waals surface area contributed by atoms with Crippen LogP contribution in [0.3, 0.4) is 0 Å². The highest BCUT2D eigenvalue weighted by Crippen LogP contribution is 2.26. The summed E-state index contributed by atoms with van der Waals surface area (Å²) in [7, 11) is 0. The first-order chi connectivity index (χ1) is 16.5. The number of benzene rings is 4. The zero-order valence-electron chi connectivity index (χ0n) is 17.8. The van der Waals surface area contributed by atoms with Gasteiger partial charge in [-0.25, -0.2) is 9.59 Å². The van der Waals surface area contributed by atoms with Crippen molar-refractivity contribution in [2.24, 2.45) is 0 Å². The largest absolute Gasteiger partial charge is 0.478 e. The molecule has 0 aliphatic carbocycles. The number of hydrogen-bond acceptors (Lipinski definition) is 4. The molecule has 0 aromatic heterocycles. The SMILES string of the molecule is O=C(O)c1ccccc1Oc1ccc(C#Cc2ccc(Oc3ccccc3C(=O)O)cc2)cc1. The third-order valence-electron chi connectivity index (χ3n) is 4.75. The topological polar surface area (TPSA) is 93.1 Å². The molecule has 0 radical (unpaired) electrons. The van der Waals surface area contributed by atoms with Crippen LogP contribution in [-0.2, 0) is 0 Å². The Bertz CT molecular complexity index is 1290. The molecule has 34 heavy (non-hydrogen) atoms. The van der Waals surface area contributed by atoms with E-state index in [1.165, 1.54) is 12.1 Å². The van der Waals surface area contributed by atoms with Gasteiger partial charge in [-0.05, 0) is 72.8 Å². The fourth-order valence-corrected chi connectivity index (χ4v) is 3.08. The number of carbonyl (C=O) groups is 2. The maximum atomic E-state index is 11.3. The zero-order chi connectivity index (χ0) is 23.9. The fraction of sp³-hybridized carbons (Fsp3) is 0. The third-order valence-corrected chi connectivity index (χ3v) is 4.75. The Labute approximate surface area is 195 Å². The molecule has 4 aromatic carbocycles. The zero-order valence-corrected chi connectivity index (χ0v) is 17.8. The van der Waals surface area contributed by atoms with Gasteiger partial charge in [0, 0.05) is 11.1 Å². The smallest absolute Gasteiger partial charge is 0.339 e. The molecule has 4 rings (SSSR count). The van der Waals surface area contributed by atoms with Gasteiger partial charge < -0.3 is 19.7 Å². The average Bonchev–Trinajstić information content (AvgIpc) is 2.85. The molecule has 0 saturated carbocycles. The minimum Gasteiger partial charge on any atom is -0.478 e. The first-order valence-electron chi connectivity index (χ1n) is 10.2. The highest BCUT2D eigenvalue weighted by atomic mass is 16.5. The van der Waals surface area contributed by atoms with Crippen LogP contribution in [0, 0.1) is 11.8 Å². The molecule has 0 aliphatic heterocycles. The van der Waals surface area contributed by atoms with Gasteiger partial charge in [-0.3, -0.25) is 0 Å². The fourth-order valence-electron chi connectivity index (χ4n) is 3.08. The van der Waals surface area contributed by atoms with Crippen molar-refractivity contribution < 1.29 is 29.3 Å². The first kappa shape index (κ1) is 22.2. The van der Waals surface area contributed by atoms with Gasteiger partial charge in [0.2, 0.25) is 0 Å². The summed E-state index contributed by atoms with van der Waals surface area (Å²) in [6, 6.07) is 26.9. The van der Waals surface area contributed by atoms with Crippen LogP contribution < -0.4 is 9.47 Å². The Balaban J connectivity index is 1.43. The third kappa shape index (κ3) is 5.42. The minimum absolute atomic E-state index is 0.0882. The second-order valence-corrected chi connectivity index (χ2v) is 7.11. The molecule has 0 bridgehead atoms.